The number of carbonyl (C=O) groups excluding carboxylic acids is 1. The van der Waals surface area contributed by atoms with Crippen molar-refractivity contribution in [3.05, 3.63) is 0 Å². The number of azo groups is 3. The van der Waals surface area contributed by atoms with Crippen LogP contribution in [-0.4, -0.2) is 62.4 Å². The van der Waals surface area contributed by atoms with Gasteiger partial charge in [0, 0.05) is 16.8 Å². The van der Waals surface area contributed by atoms with E-state index in [9.17, 15) is 4.79 Å². The molecule has 2 unspecified atom stereocenters. The summed E-state index contributed by atoms with van der Waals surface area (Å²) in [4.78, 5) is 11.1. The van der Waals surface area contributed by atoms with Gasteiger partial charge < -0.3 is 4.74 Å². The number of thioether (sulfide) groups is 2. The molecule has 0 N–H and O–H groups in total. The number of hydrogen-bond acceptors (Lipinski definition) is 10. The van der Waals surface area contributed by atoms with Gasteiger partial charge in [0.1, 0.15) is 16.5 Å². The Hall–Kier alpha value is -0.740. The summed E-state index contributed by atoms with van der Waals surface area (Å²) in [7, 11) is 0. The molecule has 0 aromatic rings. The van der Waals surface area contributed by atoms with Crippen LogP contribution in [0.4, 0.5) is 0 Å². The quantitative estimate of drug-likeness (QED) is 0.0632. The van der Waals surface area contributed by atoms with Crippen LogP contribution in [0.5, 0.6) is 0 Å². The summed E-state index contributed by atoms with van der Waals surface area (Å²) in [6.07, 6.45) is 1.36. The van der Waals surface area contributed by atoms with Crippen molar-refractivity contribution in [2.24, 2.45) is 36.6 Å². The highest BCUT2D eigenvalue weighted by molar-refractivity contribution is 8.00. The Balaban J connectivity index is 0. The van der Waals surface area contributed by atoms with Crippen LogP contribution < -0.4 is 0 Å². The summed E-state index contributed by atoms with van der Waals surface area (Å²) in [5.41, 5.74) is -0.439. The summed E-state index contributed by atoms with van der Waals surface area (Å²) in [6, 6.07) is 0. The lowest BCUT2D eigenvalue weighted by Gasteiger charge is -2.26. The normalized spacial score (nSPS) is 15.9. The molecule has 8 nitrogen and oxygen atoms in total. The first-order chi connectivity index (χ1) is 17.8. The van der Waals surface area contributed by atoms with E-state index in [1.54, 1.807) is 23.5 Å². The molecule has 0 aromatic heterocycles. The van der Waals surface area contributed by atoms with E-state index >= 15 is 0 Å². The van der Waals surface area contributed by atoms with E-state index in [1.165, 1.54) is 0 Å². The third kappa shape index (κ3) is 31.8. The van der Waals surface area contributed by atoms with Gasteiger partial charge in [-0.25, -0.2) is 0 Å². The average Bonchev–Trinajstić information content (AvgIpc) is 2.72. The van der Waals surface area contributed by atoms with Crippen molar-refractivity contribution in [2.45, 2.75) is 148 Å². The fourth-order valence-corrected chi connectivity index (χ4v) is 4.72. The monoisotopic (exact) mass is 622 g/mol. The van der Waals surface area contributed by atoms with Crippen molar-refractivity contribution < 1.29 is 9.53 Å². The molecular weight excluding hydrogens is 564 g/mol. The molecule has 0 aliphatic carbocycles. The molecule has 236 valence electrons. The lowest BCUT2D eigenvalue weighted by Crippen LogP contribution is -2.23. The topological polar surface area (TPSA) is 100 Å². The average molecular weight is 623 g/mol. The minimum Gasteiger partial charge on any atom is -0.465 e. The molecule has 0 aliphatic rings. The number of halogens is 1. The Kier molecular flexibility index (Phi) is 19.4. The maximum atomic E-state index is 12.0. The van der Waals surface area contributed by atoms with E-state index in [-0.39, 0.29) is 27.5 Å². The highest BCUT2D eigenvalue weighted by Gasteiger charge is 2.27. The summed E-state index contributed by atoms with van der Waals surface area (Å²) in [6.45, 7) is 31.5. The van der Waals surface area contributed by atoms with Gasteiger partial charge >= 0.3 is 5.97 Å². The van der Waals surface area contributed by atoms with Gasteiger partial charge in [-0.3, -0.25) is 4.79 Å². The molecule has 0 saturated heterocycles. The molecule has 40 heavy (non-hydrogen) atoms. The Morgan fingerprint density at radius 2 is 1.25 bits per heavy atom. The molecule has 0 fully saturated rings. The summed E-state index contributed by atoms with van der Waals surface area (Å²) >= 11 is 9.21. The van der Waals surface area contributed by atoms with Crippen LogP contribution >= 0.6 is 35.1 Å². The molecule has 0 radical (unpaired) electrons. The first-order valence-corrected chi connectivity index (χ1v) is 16.6. The van der Waals surface area contributed by atoms with Gasteiger partial charge in [-0.2, -0.15) is 42.4 Å². The number of nitrogens with zero attached hydrogens (tertiary/aromatic N) is 6. The molecular formula is C29H59ClN6O2S2. The molecule has 0 amide bonds. The van der Waals surface area contributed by atoms with E-state index in [2.05, 4.69) is 58.4 Å². The van der Waals surface area contributed by atoms with Crippen LogP contribution in [0.25, 0.3) is 0 Å². The van der Waals surface area contributed by atoms with Crippen LogP contribution in [0.1, 0.15) is 117 Å². The maximum absolute atomic E-state index is 12.0. The second kappa shape index (κ2) is 18.7. The van der Waals surface area contributed by atoms with E-state index < -0.39 is 5.00 Å². The first kappa shape index (κ1) is 41.4. The van der Waals surface area contributed by atoms with Crippen LogP contribution in [0.3, 0.4) is 0 Å². The van der Waals surface area contributed by atoms with Crippen molar-refractivity contribution in [3.8, 4) is 0 Å². The molecule has 0 aromatic carbocycles. The minimum atomic E-state index is -0.562. The van der Waals surface area contributed by atoms with Crippen LogP contribution in [0.15, 0.2) is 30.7 Å². The Bertz CT molecular complexity index is 778. The van der Waals surface area contributed by atoms with Crippen LogP contribution in [0.2, 0.25) is 0 Å². The lowest BCUT2D eigenvalue weighted by atomic mass is 10.1. The van der Waals surface area contributed by atoms with Crippen LogP contribution in [0, 0.1) is 5.92 Å². The summed E-state index contributed by atoms with van der Waals surface area (Å²) < 4.78 is 5.41. The SMILES string of the molecule is CC(C)(C)N=NC(C)(C)Cl.CC(C)CC(C)(N=NC(C)(C)C)SCCOC(=O)CCSC(C)CN=NC(C)(C)C. The number of hydrogen-bond donors (Lipinski definition) is 0. The largest absolute Gasteiger partial charge is 0.465 e. The zero-order valence-electron chi connectivity index (χ0n) is 28.1. The molecule has 2 atom stereocenters. The molecule has 0 bridgehead atoms. The van der Waals surface area contributed by atoms with Crippen molar-refractivity contribution in [2.75, 3.05) is 24.7 Å². The Morgan fingerprint density at radius 3 is 1.68 bits per heavy atom. The molecule has 0 rings (SSSR count). The van der Waals surface area contributed by atoms with E-state index in [4.69, 9.17) is 16.3 Å². The molecule has 0 spiro atoms. The summed E-state index contributed by atoms with van der Waals surface area (Å²) in [5.74, 6) is 1.83. The van der Waals surface area contributed by atoms with Crippen molar-refractivity contribution >= 4 is 41.1 Å². The fraction of sp³-hybridized carbons (Fsp3) is 0.966. The smallest absolute Gasteiger partial charge is 0.306 e. The van der Waals surface area contributed by atoms with E-state index in [1.807, 2.05) is 76.2 Å². The Labute approximate surface area is 259 Å². The van der Waals surface area contributed by atoms with Crippen molar-refractivity contribution in [1.82, 2.24) is 0 Å². The number of carbonyl (C=O) groups is 1. The number of alkyl halides is 1. The molecule has 11 heteroatoms. The van der Waals surface area contributed by atoms with Gasteiger partial charge in [-0.05, 0) is 95.4 Å². The van der Waals surface area contributed by atoms with Crippen molar-refractivity contribution in [1.29, 1.82) is 0 Å². The van der Waals surface area contributed by atoms with Crippen LogP contribution in [-0.2, 0) is 9.53 Å². The zero-order chi connectivity index (χ0) is 31.8. The van der Waals surface area contributed by atoms with Crippen molar-refractivity contribution in [3.63, 3.8) is 0 Å². The molecule has 0 heterocycles. The van der Waals surface area contributed by atoms with Gasteiger partial charge in [0.2, 0.25) is 0 Å². The maximum Gasteiger partial charge on any atom is 0.306 e. The number of esters is 1. The third-order valence-electron chi connectivity index (χ3n) is 4.11. The number of rotatable bonds is 14. The second-order valence-electron chi connectivity index (χ2n) is 14.0. The predicted octanol–water partition coefficient (Wildman–Crippen LogP) is 10.3. The fourth-order valence-electron chi connectivity index (χ4n) is 2.66. The van der Waals surface area contributed by atoms with E-state index in [0.29, 0.717) is 30.7 Å². The highest BCUT2D eigenvalue weighted by Crippen LogP contribution is 2.34. The summed E-state index contributed by atoms with van der Waals surface area (Å²) in [5, 5.41) is 25.9. The van der Waals surface area contributed by atoms with E-state index in [0.717, 1.165) is 17.9 Å². The minimum absolute atomic E-state index is 0.119. The first-order valence-electron chi connectivity index (χ1n) is 14.2. The van der Waals surface area contributed by atoms with Gasteiger partial charge in [0.15, 0.2) is 0 Å². The van der Waals surface area contributed by atoms with Gasteiger partial charge in [0.05, 0.1) is 29.6 Å². The third-order valence-corrected chi connectivity index (χ3v) is 6.59. The Morgan fingerprint density at radius 1 is 0.750 bits per heavy atom. The van der Waals surface area contributed by atoms with Gasteiger partial charge in [0.25, 0.3) is 0 Å². The zero-order valence-corrected chi connectivity index (χ0v) is 30.5. The highest BCUT2D eigenvalue weighted by atomic mass is 35.5. The van der Waals surface area contributed by atoms with Gasteiger partial charge in [-0.1, -0.05) is 32.4 Å². The molecule has 0 aliphatic heterocycles. The molecule has 0 saturated carbocycles. The lowest BCUT2D eigenvalue weighted by molar-refractivity contribution is -0.142. The number of ether oxygens (including phenoxy) is 1. The standard InChI is InChI=1S/C22H44N4O2S2.C7H15ClN2/c1-17(2)15-22(10,26-25-21(7,8)9)30-14-12-28-19(27)11-13-29-18(3)16-23-24-20(4,5)6;1-6(2,3)9-10-7(4,5)8/h17-18H,11-16H2,1-10H3;1-5H3. The second-order valence-corrected chi connectivity index (χ2v) is 18.1. The van der Waals surface area contributed by atoms with Gasteiger partial charge in [-0.15, -0.1) is 11.8 Å². The predicted molar refractivity (Wildman–Crippen MR) is 176 cm³/mol.